The molecule has 1 aromatic carbocycles. The highest BCUT2D eigenvalue weighted by molar-refractivity contribution is 6.07. The molecule has 0 aliphatic carbocycles. The number of rotatable bonds is 1. The summed E-state index contributed by atoms with van der Waals surface area (Å²) in [6.07, 6.45) is 0. The van der Waals surface area contributed by atoms with Crippen LogP contribution in [0.2, 0.25) is 0 Å². The molecule has 1 aromatic rings. The molecule has 100 valence electrons. The summed E-state index contributed by atoms with van der Waals surface area (Å²) in [4.78, 5) is 26.4. The van der Waals surface area contributed by atoms with E-state index >= 15 is 0 Å². The smallest absolute Gasteiger partial charge is 0.258 e. The molecule has 5 nitrogen and oxygen atoms in total. The van der Waals surface area contributed by atoms with Gasteiger partial charge in [-0.15, -0.1) is 0 Å². The Bertz CT molecular complexity index is 598. The maximum absolute atomic E-state index is 12.6. The van der Waals surface area contributed by atoms with Crippen molar-refractivity contribution in [2.75, 3.05) is 0 Å². The van der Waals surface area contributed by atoms with Crippen molar-refractivity contribution in [1.82, 2.24) is 10.2 Å². The van der Waals surface area contributed by atoms with Gasteiger partial charge in [0.25, 0.3) is 5.91 Å². The summed E-state index contributed by atoms with van der Waals surface area (Å²) < 4.78 is 0. The van der Waals surface area contributed by atoms with Crippen LogP contribution < -0.4 is 11.1 Å². The molecule has 2 atom stereocenters. The van der Waals surface area contributed by atoms with Gasteiger partial charge in [0.05, 0.1) is 0 Å². The van der Waals surface area contributed by atoms with Gasteiger partial charge in [-0.25, -0.2) is 0 Å². The topological polar surface area (TPSA) is 75.4 Å². The average molecular weight is 259 g/mol. The zero-order valence-corrected chi connectivity index (χ0v) is 11.2. The van der Waals surface area contributed by atoms with Gasteiger partial charge in [-0.05, 0) is 18.9 Å². The van der Waals surface area contributed by atoms with E-state index in [1.807, 2.05) is 19.9 Å². The second kappa shape index (κ2) is 3.36. The number of hydrogen-bond acceptors (Lipinski definition) is 3. The maximum Gasteiger partial charge on any atom is 0.258 e. The van der Waals surface area contributed by atoms with Gasteiger partial charge >= 0.3 is 0 Å². The predicted molar refractivity (Wildman–Crippen MR) is 69.9 cm³/mol. The van der Waals surface area contributed by atoms with Crippen molar-refractivity contribution in [3.05, 3.63) is 35.4 Å². The molecule has 5 heteroatoms. The number of nitrogens with zero attached hydrogens (tertiary/aromatic N) is 1. The molecule has 2 aliphatic heterocycles. The minimum absolute atomic E-state index is 0.0313. The van der Waals surface area contributed by atoms with Gasteiger partial charge in [0.1, 0.15) is 5.54 Å². The van der Waals surface area contributed by atoms with E-state index in [4.69, 9.17) is 5.73 Å². The van der Waals surface area contributed by atoms with Crippen LogP contribution in [0.5, 0.6) is 0 Å². The van der Waals surface area contributed by atoms with Crippen molar-refractivity contribution in [1.29, 1.82) is 0 Å². The minimum Gasteiger partial charge on any atom is -0.315 e. The highest BCUT2D eigenvalue weighted by Gasteiger charge is 2.64. The van der Waals surface area contributed by atoms with Crippen molar-refractivity contribution < 1.29 is 9.59 Å². The Balaban J connectivity index is 2.25. The number of carbonyl (C=O) groups is 2. The van der Waals surface area contributed by atoms with E-state index in [-0.39, 0.29) is 17.7 Å². The molecule has 19 heavy (non-hydrogen) atoms. The molecule has 0 aromatic heterocycles. The molecule has 0 spiro atoms. The molecule has 0 saturated carbocycles. The Labute approximate surface area is 111 Å². The van der Waals surface area contributed by atoms with Gasteiger partial charge in [0.2, 0.25) is 5.91 Å². The number of hydrogen-bond donors (Lipinski definition) is 2. The van der Waals surface area contributed by atoms with Crippen LogP contribution in [-0.4, -0.2) is 22.3 Å². The molecule has 3 rings (SSSR count). The SMILES string of the molecule is CC(C)C1(C)C(=O)NC2(N)c3ccccc3C(=O)N21. The molecular formula is C14H17N3O2. The van der Waals surface area contributed by atoms with E-state index in [1.165, 1.54) is 4.90 Å². The van der Waals surface area contributed by atoms with E-state index in [1.54, 1.807) is 25.1 Å². The van der Waals surface area contributed by atoms with Gasteiger partial charge in [0, 0.05) is 11.1 Å². The fourth-order valence-corrected chi connectivity index (χ4v) is 3.03. The Morgan fingerprint density at radius 2 is 1.89 bits per heavy atom. The Morgan fingerprint density at radius 3 is 2.53 bits per heavy atom. The first-order valence-electron chi connectivity index (χ1n) is 6.39. The lowest BCUT2D eigenvalue weighted by molar-refractivity contribution is -0.127. The van der Waals surface area contributed by atoms with Crippen LogP contribution in [0.25, 0.3) is 0 Å². The summed E-state index contributed by atoms with van der Waals surface area (Å²) in [5.41, 5.74) is 6.65. The number of amides is 2. The monoisotopic (exact) mass is 259 g/mol. The lowest BCUT2D eigenvalue weighted by Crippen LogP contribution is -2.59. The second-order valence-corrected chi connectivity index (χ2v) is 5.71. The van der Waals surface area contributed by atoms with Gasteiger partial charge in [-0.2, -0.15) is 0 Å². The van der Waals surface area contributed by atoms with Gasteiger partial charge in [-0.1, -0.05) is 32.0 Å². The van der Waals surface area contributed by atoms with E-state index in [0.29, 0.717) is 11.1 Å². The molecule has 0 bridgehead atoms. The highest BCUT2D eigenvalue weighted by atomic mass is 16.2. The van der Waals surface area contributed by atoms with Crippen LogP contribution in [-0.2, 0) is 10.6 Å². The van der Waals surface area contributed by atoms with E-state index in [2.05, 4.69) is 5.32 Å². The van der Waals surface area contributed by atoms with E-state index < -0.39 is 11.3 Å². The molecule has 2 unspecified atom stereocenters. The summed E-state index contributed by atoms with van der Waals surface area (Å²) >= 11 is 0. The molecule has 1 saturated heterocycles. The van der Waals surface area contributed by atoms with Crippen molar-refractivity contribution in [3.8, 4) is 0 Å². The quantitative estimate of drug-likeness (QED) is 0.781. The maximum atomic E-state index is 12.6. The Hall–Kier alpha value is -1.88. The van der Waals surface area contributed by atoms with Crippen LogP contribution in [0.4, 0.5) is 0 Å². The van der Waals surface area contributed by atoms with Crippen LogP contribution in [0.3, 0.4) is 0 Å². The first-order chi connectivity index (χ1) is 8.83. The molecule has 2 heterocycles. The molecule has 0 radical (unpaired) electrons. The lowest BCUT2D eigenvalue weighted by atomic mass is 9.87. The van der Waals surface area contributed by atoms with Crippen LogP contribution >= 0.6 is 0 Å². The number of benzene rings is 1. The lowest BCUT2D eigenvalue weighted by Gasteiger charge is -2.38. The number of nitrogens with one attached hydrogen (secondary N) is 1. The third-order valence-electron chi connectivity index (χ3n) is 4.48. The molecule has 1 fully saturated rings. The third kappa shape index (κ3) is 1.18. The molecule has 2 aliphatic rings. The van der Waals surface area contributed by atoms with Gasteiger partial charge in [-0.3, -0.25) is 20.2 Å². The van der Waals surface area contributed by atoms with Crippen LogP contribution in [0.1, 0.15) is 36.7 Å². The van der Waals surface area contributed by atoms with Crippen molar-refractivity contribution in [3.63, 3.8) is 0 Å². The predicted octanol–water partition coefficient (Wildman–Crippen LogP) is 0.756. The number of carbonyl (C=O) groups excluding carboxylic acids is 2. The fraction of sp³-hybridized carbons (Fsp3) is 0.429. The fourth-order valence-electron chi connectivity index (χ4n) is 3.03. The Morgan fingerprint density at radius 1 is 1.26 bits per heavy atom. The van der Waals surface area contributed by atoms with Crippen molar-refractivity contribution in [2.45, 2.75) is 32.1 Å². The number of fused-ring (bicyclic) bond motifs is 3. The zero-order chi connectivity index (χ0) is 14.0. The molecule has 2 amide bonds. The standard InChI is InChI=1S/C14H17N3O2/c1-8(2)13(3)12(19)16-14(15)10-7-5-4-6-9(10)11(18)17(13)14/h4-8H,15H2,1-3H3,(H,16,19). The first kappa shape index (κ1) is 12.2. The summed E-state index contributed by atoms with van der Waals surface area (Å²) in [6.45, 7) is 5.61. The van der Waals surface area contributed by atoms with Gasteiger partial charge in [0.15, 0.2) is 5.79 Å². The molecular weight excluding hydrogens is 242 g/mol. The zero-order valence-electron chi connectivity index (χ0n) is 11.2. The summed E-state index contributed by atoms with van der Waals surface area (Å²) in [7, 11) is 0. The third-order valence-corrected chi connectivity index (χ3v) is 4.48. The van der Waals surface area contributed by atoms with Crippen LogP contribution in [0.15, 0.2) is 24.3 Å². The normalized spacial score (nSPS) is 32.6. The van der Waals surface area contributed by atoms with Gasteiger partial charge < -0.3 is 5.32 Å². The highest BCUT2D eigenvalue weighted by Crippen LogP contribution is 2.45. The van der Waals surface area contributed by atoms with E-state index in [9.17, 15) is 9.59 Å². The van der Waals surface area contributed by atoms with Crippen molar-refractivity contribution in [2.24, 2.45) is 11.7 Å². The van der Waals surface area contributed by atoms with E-state index in [0.717, 1.165) is 0 Å². The summed E-state index contributed by atoms with van der Waals surface area (Å²) in [6, 6.07) is 7.16. The summed E-state index contributed by atoms with van der Waals surface area (Å²) in [5.74, 6) is -1.64. The minimum atomic E-state index is -1.22. The van der Waals surface area contributed by atoms with Crippen molar-refractivity contribution >= 4 is 11.8 Å². The second-order valence-electron chi connectivity index (χ2n) is 5.71. The Kier molecular flexibility index (Phi) is 2.15. The molecule has 3 N–H and O–H groups in total. The largest absolute Gasteiger partial charge is 0.315 e. The average Bonchev–Trinajstić information content (AvgIpc) is 2.71. The summed E-state index contributed by atoms with van der Waals surface area (Å²) in [5, 5.41) is 2.79. The van der Waals surface area contributed by atoms with Crippen LogP contribution in [0, 0.1) is 5.92 Å². The first-order valence-corrected chi connectivity index (χ1v) is 6.39. The number of nitrogens with two attached hydrogens (primary N) is 1.